The number of carbonyl (C=O) groups excluding carboxylic acids is 1. The molecule has 1 heterocycles. The number of aldehydes is 1. The zero-order valence-electron chi connectivity index (χ0n) is 8.76. The fourth-order valence-electron chi connectivity index (χ4n) is 1.64. The number of aromatic nitrogens is 3. The van der Waals surface area contributed by atoms with Crippen LogP contribution in [0.3, 0.4) is 0 Å². The second-order valence-electron chi connectivity index (χ2n) is 4.16. The van der Waals surface area contributed by atoms with Gasteiger partial charge in [0.2, 0.25) is 0 Å². The van der Waals surface area contributed by atoms with Crippen molar-refractivity contribution < 1.29 is 9.90 Å². The molecule has 0 aliphatic heterocycles. The van der Waals surface area contributed by atoms with E-state index in [9.17, 15) is 4.79 Å². The number of hydrogen-bond donors (Lipinski definition) is 1. The van der Waals surface area contributed by atoms with Crippen LogP contribution in [-0.2, 0) is 6.42 Å². The normalized spacial score (nSPS) is 17.7. The maximum atomic E-state index is 10.8. The smallest absolute Gasteiger partial charge is 0.172 e. The molecule has 5 nitrogen and oxygen atoms in total. The van der Waals surface area contributed by atoms with E-state index < -0.39 is 0 Å². The van der Waals surface area contributed by atoms with Crippen molar-refractivity contribution in [3.63, 3.8) is 0 Å². The summed E-state index contributed by atoms with van der Waals surface area (Å²) in [5, 5.41) is 16.8. The van der Waals surface area contributed by atoms with Crippen molar-refractivity contribution in [2.24, 2.45) is 5.92 Å². The first kappa shape index (κ1) is 10.3. The highest BCUT2D eigenvalue weighted by Gasteiger charge is 2.26. The quantitative estimate of drug-likeness (QED) is 0.721. The molecule has 1 unspecified atom stereocenters. The Balaban J connectivity index is 2.26. The van der Waals surface area contributed by atoms with E-state index in [1.165, 1.54) is 12.8 Å². The Bertz CT molecular complexity index is 358. The van der Waals surface area contributed by atoms with Crippen molar-refractivity contribution in [2.75, 3.05) is 6.61 Å². The van der Waals surface area contributed by atoms with E-state index in [1.807, 2.05) is 6.92 Å². The molecule has 82 valence electrons. The van der Waals surface area contributed by atoms with Gasteiger partial charge in [0.1, 0.15) is 5.69 Å². The summed E-state index contributed by atoms with van der Waals surface area (Å²) in [6.07, 6.45) is 4.03. The molecule has 1 aromatic rings. The molecule has 1 aromatic heterocycles. The highest BCUT2D eigenvalue weighted by atomic mass is 16.3. The standard InChI is InChI=1S/C10H15N3O2/c1-7(5-14)13-10(4-8-2-3-8)9(6-15)11-12-13/h6-8,14H,2-5H2,1H3. The van der Waals surface area contributed by atoms with E-state index in [0.717, 1.165) is 18.4 Å². The van der Waals surface area contributed by atoms with Crippen LogP contribution in [0.4, 0.5) is 0 Å². The number of hydrogen-bond acceptors (Lipinski definition) is 4. The van der Waals surface area contributed by atoms with E-state index in [1.54, 1.807) is 4.68 Å². The molecule has 1 atom stereocenters. The number of aliphatic hydroxyl groups excluding tert-OH is 1. The minimum absolute atomic E-state index is 0.0132. The SMILES string of the molecule is CC(CO)n1nnc(C=O)c1CC1CC1. The number of nitrogens with zero attached hydrogens (tertiary/aromatic N) is 3. The van der Waals surface area contributed by atoms with E-state index in [0.29, 0.717) is 11.6 Å². The molecule has 1 fully saturated rings. The monoisotopic (exact) mass is 209 g/mol. The first-order valence-electron chi connectivity index (χ1n) is 5.26. The molecule has 0 saturated heterocycles. The van der Waals surface area contributed by atoms with Crippen LogP contribution in [0, 0.1) is 5.92 Å². The molecule has 2 rings (SSSR count). The molecule has 15 heavy (non-hydrogen) atoms. The molecule has 1 N–H and O–H groups in total. The van der Waals surface area contributed by atoms with Crippen molar-refractivity contribution in [1.82, 2.24) is 15.0 Å². The summed E-state index contributed by atoms with van der Waals surface area (Å²) in [5.74, 6) is 0.673. The largest absolute Gasteiger partial charge is 0.394 e. The summed E-state index contributed by atoms with van der Waals surface area (Å²) < 4.78 is 1.67. The van der Waals surface area contributed by atoms with E-state index in [4.69, 9.17) is 5.11 Å². The Labute approximate surface area is 88.1 Å². The van der Waals surface area contributed by atoms with E-state index in [-0.39, 0.29) is 12.6 Å². The van der Waals surface area contributed by atoms with Gasteiger partial charge in [-0.2, -0.15) is 0 Å². The van der Waals surface area contributed by atoms with Crippen LogP contribution in [0.2, 0.25) is 0 Å². The van der Waals surface area contributed by atoms with Gasteiger partial charge in [0.05, 0.1) is 18.3 Å². The van der Waals surface area contributed by atoms with Crippen LogP contribution in [0.25, 0.3) is 0 Å². The Morgan fingerprint density at radius 3 is 2.93 bits per heavy atom. The molecular weight excluding hydrogens is 194 g/mol. The van der Waals surface area contributed by atoms with Crippen LogP contribution < -0.4 is 0 Å². The summed E-state index contributed by atoms with van der Waals surface area (Å²) >= 11 is 0. The highest BCUT2D eigenvalue weighted by Crippen LogP contribution is 2.33. The Hall–Kier alpha value is -1.23. The first-order valence-corrected chi connectivity index (χ1v) is 5.26. The van der Waals surface area contributed by atoms with Gasteiger partial charge in [-0.3, -0.25) is 4.79 Å². The van der Waals surface area contributed by atoms with Crippen molar-refractivity contribution in [3.8, 4) is 0 Å². The molecule has 0 radical (unpaired) electrons. The number of aliphatic hydroxyl groups is 1. The van der Waals surface area contributed by atoms with E-state index >= 15 is 0 Å². The zero-order valence-corrected chi connectivity index (χ0v) is 8.76. The van der Waals surface area contributed by atoms with Crippen molar-refractivity contribution in [3.05, 3.63) is 11.4 Å². The molecule has 0 amide bonds. The lowest BCUT2D eigenvalue weighted by Crippen LogP contribution is -2.15. The third-order valence-electron chi connectivity index (χ3n) is 2.79. The molecule has 1 aliphatic rings. The van der Waals surface area contributed by atoms with Gasteiger partial charge in [-0.15, -0.1) is 5.10 Å². The highest BCUT2D eigenvalue weighted by molar-refractivity contribution is 5.73. The molecule has 1 aliphatic carbocycles. The average Bonchev–Trinajstić information content (AvgIpc) is 2.97. The zero-order chi connectivity index (χ0) is 10.8. The number of carbonyl (C=O) groups is 1. The second kappa shape index (κ2) is 4.10. The summed E-state index contributed by atoms with van der Waals surface area (Å²) in [4.78, 5) is 10.8. The lowest BCUT2D eigenvalue weighted by Gasteiger charge is -2.11. The van der Waals surface area contributed by atoms with Crippen LogP contribution >= 0.6 is 0 Å². The molecule has 5 heteroatoms. The fourth-order valence-corrected chi connectivity index (χ4v) is 1.64. The van der Waals surface area contributed by atoms with Gasteiger partial charge >= 0.3 is 0 Å². The Morgan fingerprint density at radius 2 is 2.40 bits per heavy atom. The molecule has 1 saturated carbocycles. The van der Waals surface area contributed by atoms with Gasteiger partial charge < -0.3 is 5.11 Å². The minimum atomic E-state index is -0.111. The minimum Gasteiger partial charge on any atom is -0.394 e. The summed E-state index contributed by atoms with van der Waals surface area (Å²) in [6.45, 7) is 1.87. The molecule has 0 spiro atoms. The van der Waals surface area contributed by atoms with Crippen LogP contribution in [0.5, 0.6) is 0 Å². The molecular formula is C10H15N3O2. The lowest BCUT2D eigenvalue weighted by atomic mass is 10.1. The molecule has 0 bridgehead atoms. The average molecular weight is 209 g/mol. The van der Waals surface area contributed by atoms with Gasteiger partial charge in [0.15, 0.2) is 6.29 Å². The van der Waals surface area contributed by atoms with E-state index in [2.05, 4.69) is 10.3 Å². The second-order valence-corrected chi connectivity index (χ2v) is 4.16. The van der Waals surface area contributed by atoms with Gasteiger partial charge in [-0.05, 0) is 32.1 Å². The summed E-state index contributed by atoms with van der Waals surface area (Å²) in [6, 6.07) is -0.111. The predicted octanol–water partition coefficient (Wildman–Crippen LogP) is 0.596. The van der Waals surface area contributed by atoms with Crippen LogP contribution in [-0.4, -0.2) is 33.0 Å². The van der Waals surface area contributed by atoms with Crippen LogP contribution in [0.15, 0.2) is 0 Å². The first-order chi connectivity index (χ1) is 7.26. The summed E-state index contributed by atoms with van der Waals surface area (Å²) in [5.41, 5.74) is 1.29. The van der Waals surface area contributed by atoms with Gasteiger partial charge in [0, 0.05) is 0 Å². The maximum Gasteiger partial charge on any atom is 0.172 e. The van der Waals surface area contributed by atoms with Crippen molar-refractivity contribution in [1.29, 1.82) is 0 Å². The van der Waals surface area contributed by atoms with Crippen molar-refractivity contribution in [2.45, 2.75) is 32.2 Å². The number of rotatable bonds is 5. The van der Waals surface area contributed by atoms with Gasteiger partial charge in [-0.1, -0.05) is 5.21 Å². The predicted molar refractivity (Wildman–Crippen MR) is 53.6 cm³/mol. The maximum absolute atomic E-state index is 10.8. The third-order valence-corrected chi connectivity index (χ3v) is 2.79. The Morgan fingerprint density at radius 1 is 1.67 bits per heavy atom. The molecule has 0 aromatic carbocycles. The van der Waals surface area contributed by atoms with Crippen molar-refractivity contribution >= 4 is 6.29 Å². The summed E-state index contributed by atoms with van der Waals surface area (Å²) in [7, 11) is 0. The van der Waals surface area contributed by atoms with Gasteiger partial charge in [-0.25, -0.2) is 4.68 Å². The fraction of sp³-hybridized carbons (Fsp3) is 0.700. The third kappa shape index (κ3) is 2.07. The topological polar surface area (TPSA) is 68.0 Å². The van der Waals surface area contributed by atoms with Crippen LogP contribution in [0.1, 0.15) is 42.0 Å². The van der Waals surface area contributed by atoms with Gasteiger partial charge in [0.25, 0.3) is 0 Å². The Kier molecular flexibility index (Phi) is 2.81. The lowest BCUT2D eigenvalue weighted by molar-refractivity contribution is 0.111.